The van der Waals surface area contributed by atoms with Gasteiger partial charge in [-0.25, -0.2) is 4.79 Å². The van der Waals surface area contributed by atoms with Crippen molar-refractivity contribution in [1.82, 2.24) is 10.2 Å². The zero-order valence-corrected chi connectivity index (χ0v) is 24.0. The van der Waals surface area contributed by atoms with Gasteiger partial charge in [-0.05, 0) is 65.5 Å². The van der Waals surface area contributed by atoms with Crippen LogP contribution in [0.4, 0.5) is 4.79 Å². The molecule has 37 heavy (non-hydrogen) atoms. The van der Waals surface area contributed by atoms with Crippen LogP contribution in [-0.2, 0) is 28.5 Å². The molecular formula is C28H54N2O7. The van der Waals surface area contributed by atoms with Gasteiger partial charge in [-0.2, -0.15) is 0 Å². The van der Waals surface area contributed by atoms with E-state index in [1.54, 1.807) is 0 Å². The minimum atomic E-state index is -0.453. The third-order valence-electron chi connectivity index (χ3n) is 5.81. The number of likely N-dealkylation sites (N-methyl/N-ethyl adjacent to an activating group) is 1. The minimum Gasteiger partial charge on any atom is -0.466 e. The summed E-state index contributed by atoms with van der Waals surface area (Å²) >= 11 is 0. The van der Waals surface area contributed by atoms with Gasteiger partial charge in [-0.3, -0.25) is 9.59 Å². The molecule has 0 saturated heterocycles. The van der Waals surface area contributed by atoms with Crippen LogP contribution < -0.4 is 5.32 Å². The van der Waals surface area contributed by atoms with Crippen molar-refractivity contribution >= 4 is 18.0 Å². The van der Waals surface area contributed by atoms with Gasteiger partial charge in [-0.1, -0.05) is 39.5 Å². The van der Waals surface area contributed by atoms with Crippen LogP contribution in [0.5, 0.6) is 0 Å². The van der Waals surface area contributed by atoms with Crippen molar-refractivity contribution in [1.29, 1.82) is 0 Å². The monoisotopic (exact) mass is 530 g/mol. The molecule has 0 aromatic carbocycles. The molecule has 0 aliphatic rings. The molecule has 0 aliphatic carbocycles. The number of hydrogen-bond acceptors (Lipinski definition) is 8. The highest BCUT2D eigenvalue weighted by molar-refractivity contribution is 5.69. The molecule has 0 unspecified atom stereocenters. The fourth-order valence-corrected chi connectivity index (χ4v) is 3.53. The van der Waals surface area contributed by atoms with E-state index in [0.717, 1.165) is 70.8 Å². The Hall–Kier alpha value is -1.87. The Morgan fingerprint density at radius 1 is 0.703 bits per heavy atom. The van der Waals surface area contributed by atoms with Gasteiger partial charge in [0.25, 0.3) is 0 Å². The predicted octanol–water partition coefficient (Wildman–Crippen LogP) is 5.25. The van der Waals surface area contributed by atoms with E-state index in [1.807, 2.05) is 19.0 Å². The average Bonchev–Trinajstić information content (AvgIpc) is 2.85. The Morgan fingerprint density at radius 2 is 1.24 bits per heavy atom. The van der Waals surface area contributed by atoms with Gasteiger partial charge < -0.3 is 29.2 Å². The third kappa shape index (κ3) is 25.6. The number of alkyl carbamates (subject to hydrolysis) is 1. The van der Waals surface area contributed by atoms with E-state index in [1.165, 1.54) is 0 Å². The summed E-state index contributed by atoms with van der Waals surface area (Å²) in [4.78, 5) is 37.8. The summed E-state index contributed by atoms with van der Waals surface area (Å²) in [6.45, 7) is 7.25. The fourth-order valence-electron chi connectivity index (χ4n) is 3.53. The predicted molar refractivity (Wildman–Crippen MR) is 146 cm³/mol. The standard InChI is InChI=1S/C28H54N2O7/c1-5-7-9-17-26(31)35-21-13-11-15-25(16-12-14-22-36-27(32)18-10-8-6-2)37-28(33)29-19-23-34-24-20-30(3)4/h25H,5-24H2,1-4H3,(H,29,33). The molecule has 0 saturated carbocycles. The summed E-state index contributed by atoms with van der Waals surface area (Å²) in [6.07, 6.45) is 10.7. The highest BCUT2D eigenvalue weighted by atomic mass is 16.6. The number of unbranched alkanes of at least 4 members (excludes halogenated alkanes) is 6. The molecule has 0 fully saturated rings. The van der Waals surface area contributed by atoms with Crippen molar-refractivity contribution < 1.29 is 33.3 Å². The number of amides is 1. The summed E-state index contributed by atoms with van der Waals surface area (Å²) < 4.78 is 21.7. The van der Waals surface area contributed by atoms with E-state index in [-0.39, 0.29) is 18.0 Å². The van der Waals surface area contributed by atoms with Crippen molar-refractivity contribution in [3.05, 3.63) is 0 Å². The lowest BCUT2D eigenvalue weighted by atomic mass is 10.1. The van der Waals surface area contributed by atoms with Gasteiger partial charge in [0.2, 0.25) is 0 Å². The molecule has 218 valence electrons. The first-order valence-electron chi connectivity index (χ1n) is 14.4. The molecule has 0 atom stereocenters. The zero-order valence-electron chi connectivity index (χ0n) is 24.0. The van der Waals surface area contributed by atoms with Crippen molar-refractivity contribution in [3.8, 4) is 0 Å². The lowest BCUT2D eigenvalue weighted by molar-refractivity contribution is -0.144. The Labute approximate surface area is 225 Å². The normalized spacial score (nSPS) is 11.1. The lowest BCUT2D eigenvalue weighted by Crippen LogP contribution is -2.32. The number of carbonyl (C=O) groups excluding carboxylic acids is 3. The SMILES string of the molecule is CCCCCC(=O)OCCCCC(CCCCOC(=O)CCCCC)OC(=O)NCCOCCN(C)C. The van der Waals surface area contributed by atoms with Crippen molar-refractivity contribution in [2.75, 3.05) is 53.6 Å². The molecule has 9 nitrogen and oxygen atoms in total. The van der Waals surface area contributed by atoms with Crippen molar-refractivity contribution in [2.45, 2.75) is 110 Å². The maximum atomic E-state index is 12.3. The highest BCUT2D eigenvalue weighted by Gasteiger charge is 2.15. The number of carbonyl (C=O) groups is 3. The molecule has 0 bridgehead atoms. The molecule has 0 heterocycles. The topological polar surface area (TPSA) is 103 Å². The molecule has 0 aromatic heterocycles. The van der Waals surface area contributed by atoms with Crippen LogP contribution in [0, 0.1) is 0 Å². The van der Waals surface area contributed by atoms with Crippen LogP contribution in [-0.4, -0.2) is 82.6 Å². The Kier molecular flexibility index (Phi) is 24.5. The molecule has 0 aliphatic heterocycles. The van der Waals surface area contributed by atoms with Gasteiger partial charge in [0.1, 0.15) is 6.10 Å². The summed E-state index contributed by atoms with van der Waals surface area (Å²) in [5.41, 5.74) is 0. The molecular weight excluding hydrogens is 476 g/mol. The van der Waals surface area contributed by atoms with E-state index < -0.39 is 6.09 Å². The lowest BCUT2D eigenvalue weighted by Gasteiger charge is -2.18. The van der Waals surface area contributed by atoms with Crippen LogP contribution in [0.25, 0.3) is 0 Å². The molecule has 0 spiro atoms. The van der Waals surface area contributed by atoms with Crippen LogP contribution >= 0.6 is 0 Å². The number of nitrogens with zero attached hydrogens (tertiary/aromatic N) is 1. The van der Waals surface area contributed by atoms with Gasteiger partial charge in [0.15, 0.2) is 0 Å². The second kappa shape index (κ2) is 25.8. The van der Waals surface area contributed by atoms with Gasteiger partial charge in [-0.15, -0.1) is 0 Å². The third-order valence-corrected chi connectivity index (χ3v) is 5.81. The average molecular weight is 531 g/mol. The largest absolute Gasteiger partial charge is 0.466 e. The van der Waals surface area contributed by atoms with E-state index in [4.69, 9.17) is 18.9 Å². The second-order valence-electron chi connectivity index (χ2n) is 9.72. The molecule has 0 aromatic rings. The van der Waals surface area contributed by atoms with E-state index in [9.17, 15) is 14.4 Å². The van der Waals surface area contributed by atoms with E-state index in [0.29, 0.717) is 58.7 Å². The van der Waals surface area contributed by atoms with Crippen LogP contribution in [0.15, 0.2) is 0 Å². The van der Waals surface area contributed by atoms with Crippen molar-refractivity contribution in [3.63, 3.8) is 0 Å². The Bertz CT molecular complexity index is 541. The first-order chi connectivity index (χ1) is 17.9. The second-order valence-corrected chi connectivity index (χ2v) is 9.72. The molecule has 1 N–H and O–H groups in total. The minimum absolute atomic E-state index is 0.141. The van der Waals surface area contributed by atoms with Crippen molar-refractivity contribution in [2.24, 2.45) is 0 Å². The van der Waals surface area contributed by atoms with Gasteiger partial charge >= 0.3 is 18.0 Å². The maximum Gasteiger partial charge on any atom is 0.407 e. The number of nitrogens with one attached hydrogen (secondary N) is 1. The van der Waals surface area contributed by atoms with E-state index in [2.05, 4.69) is 19.2 Å². The Morgan fingerprint density at radius 3 is 1.73 bits per heavy atom. The quantitative estimate of drug-likeness (QED) is 0.0970. The number of rotatable bonds is 25. The summed E-state index contributed by atoms with van der Waals surface area (Å²) in [6, 6.07) is 0. The highest BCUT2D eigenvalue weighted by Crippen LogP contribution is 2.14. The molecule has 0 radical (unpaired) electrons. The van der Waals surface area contributed by atoms with Crippen LogP contribution in [0.3, 0.4) is 0 Å². The molecule has 0 rings (SSSR count). The maximum absolute atomic E-state index is 12.3. The smallest absolute Gasteiger partial charge is 0.407 e. The first kappa shape index (κ1) is 35.1. The van der Waals surface area contributed by atoms with Crippen LogP contribution in [0.2, 0.25) is 0 Å². The summed E-state index contributed by atoms with van der Waals surface area (Å²) in [5.74, 6) is -0.282. The summed E-state index contributed by atoms with van der Waals surface area (Å²) in [7, 11) is 3.96. The zero-order chi connectivity index (χ0) is 27.6. The number of hydrogen-bond donors (Lipinski definition) is 1. The fraction of sp³-hybridized carbons (Fsp3) is 0.893. The number of ether oxygens (including phenoxy) is 4. The van der Waals surface area contributed by atoms with Gasteiger partial charge in [0, 0.05) is 25.9 Å². The molecule has 1 amide bonds. The first-order valence-corrected chi connectivity index (χ1v) is 14.4. The Balaban J connectivity index is 4.26. The number of esters is 2. The molecule has 9 heteroatoms. The summed E-state index contributed by atoms with van der Waals surface area (Å²) in [5, 5.41) is 2.74. The van der Waals surface area contributed by atoms with E-state index >= 15 is 0 Å². The van der Waals surface area contributed by atoms with Crippen LogP contribution in [0.1, 0.15) is 104 Å². The van der Waals surface area contributed by atoms with Gasteiger partial charge in [0.05, 0.1) is 26.4 Å².